The molecule has 58 valence electrons. The van der Waals surface area contributed by atoms with Gasteiger partial charge in [0.15, 0.2) is 0 Å². The second-order valence-electron chi connectivity index (χ2n) is 1.37. The maximum Gasteiger partial charge on any atom is 0.309 e. The van der Waals surface area contributed by atoms with Gasteiger partial charge in [0.05, 0.1) is 6.42 Å². The van der Waals surface area contributed by atoms with Gasteiger partial charge in [-0.15, -0.1) is 0 Å². The average Bonchev–Trinajstić information content (AvgIpc) is 1.81. The van der Waals surface area contributed by atoms with Crippen molar-refractivity contribution >= 4 is 21.3 Å². The van der Waals surface area contributed by atoms with Crippen molar-refractivity contribution in [3.63, 3.8) is 0 Å². The van der Waals surface area contributed by atoms with Crippen molar-refractivity contribution in [3.8, 4) is 0 Å². The van der Waals surface area contributed by atoms with Gasteiger partial charge in [0, 0.05) is 0 Å². The van der Waals surface area contributed by atoms with E-state index in [-0.39, 0.29) is 0 Å². The van der Waals surface area contributed by atoms with E-state index >= 15 is 0 Å². The van der Waals surface area contributed by atoms with E-state index < -0.39 is 27.7 Å². The Bertz CT molecular complexity index is 246. The molecule has 0 aromatic carbocycles. The quantitative estimate of drug-likeness (QED) is 0.247. The molecule has 0 aliphatic heterocycles. The summed E-state index contributed by atoms with van der Waals surface area (Å²) in [7, 11) is -2.57. The molecule has 10 heavy (non-hydrogen) atoms. The average molecular weight is 166 g/mol. The van der Waals surface area contributed by atoms with Crippen molar-refractivity contribution in [2.45, 2.75) is 6.42 Å². The number of carboxylic acid groups (broad SMARTS) is 1. The van der Waals surface area contributed by atoms with E-state index in [9.17, 15) is 13.2 Å². The molecule has 0 bridgehead atoms. The van der Waals surface area contributed by atoms with Gasteiger partial charge in [0.1, 0.15) is 4.99 Å². The molecule has 0 spiro atoms. The normalized spacial score (nSPS) is 8.90. The first-order chi connectivity index (χ1) is 4.57. The summed E-state index contributed by atoms with van der Waals surface area (Å²) in [6.07, 6.45) is -0.618. The molecule has 0 amide bonds. The molecular formula is C3H6N2O4S. The molecular weight excluding hydrogens is 160 g/mol. The van der Waals surface area contributed by atoms with E-state index in [0.29, 0.717) is 0 Å². The first-order valence-electron chi connectivity index (χ1n) is 2.21. The van der Waals surface area contributed by atoms with Gasteiger partial charge in [-0.3, -0.25) is 10.6 Å². The third-order valence-corrected chi connectivity index (χ3v) is 1.34. The van der Waals surface area contributed by atoms with Crippen LogP contribution in [0.5, 0.6) is 0 Å². The Balaban J connectivity index is 4.42. The number of nitrogens with one attached hydrogen (secondary N) is 1. The monoisotopic (exact) mass is 166 g/mol. The van der Waals surface area contributed by atoms with Crippen molar-refractivity contribution in [2.24, 2.45) is 5.84 Å². The number of carboxylic acids is 1. The number of hydrogen-bond acceptors (Lipinski definition) is 4. The Labute approximate surface area is 58.1 Å². The standard InChI is InChI=1S/C3H6N2O4S/c4-5-2(10(8)9)1-3(6)7/h5H,1,4H2,(H,6,7). The van der Waals surface area contributed by atoms with E-state index in [4.69, 9.17) is 5.11 Å². The molecule has 0 fully saturated rings. The molecule has 0 saturated heterocycles. The van der Waals surface area contributed by atoms with Gasteiger partial charge in [-0.2, -0.15) is 8.42 Å². The molecule has 0 aliphatic carbocycles. The van der Waals surface area contributed by atoms with E-state index in [1.165, 1.54) is 0 Å². The minimum Gasteiger partial charge on any atom is -0.481 e. The van der Waals surface area contributed by atoms with Crippen LogP contribution in [-0.2, 0) is 15.1 Å². The fourth-order valence-corrected chi connectivity index (χ4v) is 0.633. The first-order valence-corrected chi connectivity index (χ1v) is 3.29. The van der Waals surface area contributed by atoms with Crippen LogP contribution in [0.2, 0.25) is 0 Å². The SMILES string of the molecule is NNC(CC(=O)O)=S(=O)=O. The van der Waals surface area contributed by atoms with Crippen LogP contribution in [0.15, 0.2) is 0 Å². The van der Waals surface area contributed by atoms with Crippen molar-refractivity contribution in [1.29, 1.82) is 0 Å². The first kappa shape index (κ1) is 9.08. The van der Waals surface area contributed by atoms with Gasteiger partial charge in [0.25, 0.3) is 0 Å². The van der Waals surface area contributed by atoms with Crippen LogP contribution >= 0.6 is 0 Å². The predicted molar refractivity (Wildman–Crippen MR) is 33.5 cm³/mol. The topological polar surface area (TPSA) is 109 Å². The summed E-state index contributed by atoms with van der Waals surface area (Å²) in [5, 5.41) is 8.07. The zero-order valence-electron chi connectivity index (χ0n) is 4.86. The summed E-state index contributed by atoms with van der Waals surface area (Å²) in [6.45, 7) is 0. The molecule has 4 N–H and O–H groups in total. The van der Waals surface area contributed by atoms with Crippen LogP contribution in [0.4, 0.5) is 0 Å². The zero-order valence-corrected chi connectivity index (χ0v) is 5.68. The molecule has 0 rings (SSSR count). The van der Waals surface area contributed by atoms with Crippen molar-refractivity contribution in [3.05, 3.63) is 0 Å². The molecule has 0 heterocycles. The number of rotatable bonds is 2. The molecule has 6 nitrogen and oxygen atoms in total. The van der Waals surface area contributed by atoms with E-state index in [1.54, 1.807) is 5.43 Å². The molecule has 0 radical (unpaired) electrons. The fraction of sp³-hybridized carbons (Fsp3) is 0.333. The molecule has 0 aromatic heterocycles. The van der Waals surface area contributed by atoms with Gasteiger partial charge < -0.3 is 5.11 Å². The van der Waals surface area contributed by atoms with Gasteiger partial charge >= 0.3 is 5.97 Å². The second kappa shape index (κ2) is 3.99. The predicted octanol–water partition coefficient (Wildman–Crippen LogP) is -2.07. The van der Waals surface area contributed by atoms with Crippen LogP contribution in [0.25, 0.3) is 0 Å². The third kappa shape index (κ3) is 3.17. The summed E-state index contributed by atoms with van der Waals surface area (Å²) < 4.78 is 20.0. The molecule has 0 atom stereocenters. The van der Waals surface area contributed by atoms with Crippen LogP contribution < -0.4 is 11.3 Å². The minimum absolute atomic E-state index is 0.437. The van der Waals surface area contributed by atoms with Crippen LogP contribution in [0.1, 0.15) is 6.42 Å². The summed E-state index contributed by atoms with van der Waals surface area (Å²) in [5.74, 6) is 3.43. The van der Waals surface area contributed by atoms with Gasteiger partial charge in [-0.05, 0) is 0 Å². The Hall–Kier alpha value is -0.920. The molecule has 7 heteroatoms. The maximum atomic E-state index is 10.0. The number of aliphatic carboxylic acids is 1. The second-order valence-corrected chi connectivity index (χ2v) is 2.33. The van der Waals surface area contributed by atoms with Crippen LogP contribution in [0, 0.1) is 0 Å². The Morgan fingerprint density at radius 1 is 1.60 bits per heavy atom. The molecule has 0 unspecified atom stereocenters. The van der Waals surface area contributed by atoms with E-state index in [1.807, 2.05) is 0 Å². The summed E-state index contributed by atoms with van der Waals surface area (Å²) >= 11 is 0. The zero-order chi connectivity index (χ0) is 8.15. The molecule has 0 aliphatic rings. The number of hydrogen-bond donors (Lipinski definition) is 3. The Morgan fingerprint density at radius 3 is 2.20 bits per heavy atom. The highest BCUT2D eigenvalue weighted by atomic mass is 32.2. The number of hydrazine groups is 1. The van der Waals surface area contributed by atoms with Crippen molar-refractivity contribution in [1.82, 2.24) is 5.43 Å². The van der Waals surface area contributed by atoms with E-state index in [0.717, 1.165) is 0 Å². The molecule has 0 saturated carbocycles. The van der Waals surface area contributed by atoms with Crippen molar-refractivity contribution < 1.29 is 18.3 Å². The summed E-state index contributed by atoms with van der Waals surface area (Å²) in [5.41, 5.74) is 1.76. The largest absolute Gasteiger partial charge is 0.481 e. The third-order valence-electron chi connectivity index (χ3n) is 0.674. The fourth-order valence-electron chi connectivity index (χ4n) is 0.295. The van der Waals surface area contributed by atoms with E-state index in [2.05, 4.69) is 5.84 Å². The van der Waals surface area contributed by atoms with Gasteiger partial charge in [-0.25, -0.2) is 5.43 Å². The Kier molecular flexibility index (Phi) is 3.62. The Morgan fingerprint density at radius 2 is 2.10 bits per heavy atom. The highest BCUT2D eigenvalue weighted by molar-refractivity contribution is 7.72. The smallest absolute Gasteiger partial charge is 0.309 e. The maximum absolute atomic E-state index is 10.0. The van der Waals surface area contributed by atoms with Crippen LogP contribution in [0.3, 0.4) is 0 Å². The van der Waals surface area contributed by atoms with Crippen LogP contribution in [-0.4, -0.2) is 24.5 Å². The number of carbonyl (C=O) groups is 1. The lowest BCUT2D eigenvalue weighted by atomic mass is 10.4. The highest BCUT2D eigenvalue weighted by Gasteiger charge is 2.04. The summed E-state index contributed by atoms with van der Waals surface area (Å²) in [6, 6.07) is 0. The lowest BCUT2D eigenvalue weighted by Gasteiger charge is -1.92. The summed E-state index contributed by atoms with van der Waals surface area (Å²) in [4.78, 5) is 9.45. The van der Waals surface area contributed by atoms with Gasteiger partial charge in [0.2, 0.25) is 10.3 Å². The highest BCUT2D eigenvalue weighted by Crippen LogP contribution is 1.77. The van der Waals surface area contributed by atoms with Gasteiger partial charge in [-0.1, -0.05) is 0 Å². The number of nitrogens with two attached hydrogens (primary N) is 1. The minimum atomic E-state index is -2.57. The lowest BCUT2D eigenvalue weighted by molar-refractivity contribution is -0.135. The lowest BCUT2D eigenvalue weighted by Crippen LogP contribution is -2.32. The molecule has 0 aromatic rings. The van der Waals surface area contributed by atoms with Crippen molar-refractivity contribution in [2.75, 3.05) is 0 Å².